The van der Waals surface area contributed by atoms with Crippen molar-refractivity contribution in [2.75, 3.05) is 20.1 Å². The summed E-state index contributed by atoms with van der Waals surface area (Å²) >= 11 is 8.14. The summed E-state index contributed by atoms with van der Waals surface area (Å²) in [7, 11) is 2.13. The van der Waals surface area contributed by atoms with E-state index in [9.17, 15) is 4.79 Å². The zero-order chi connectivity index (χ0) is 15.7. The highest BCUT2D eigenvalue weighted by Gasteiger charge is 2.20. The van der Waals surface area contributed by atoms with E-state index in [1.54, 1.807) is 17.4 Å². The molecule has 5 heteroatoms. The first kappa shape index (κ1) is 15.5. The van der Waals surface area contributed by atoms with Gasteiger partial charge in [0.1, 0.15) is 0 Å². The van der Waals surface area contributed by atoms with Gasteiger partial charge in [-0.25, -0.2) is 0 Å². The van der Waals surface area contributed by atoms with Crippen LogP contribution in [-0.4, -0.2) is 30.9 Å². The van der Waals surface area contributed by atoms with Crippen LogP contribution in [0.2, 0.25) is 5.02 Å². The van der Waals surface area contributed by atoms with Gasteiger partial charge in [-0.2, -0.15) is 0 Å². The number of nitrogens with one attached hydrogen (secondary N) is 1. The number of benzene rings is 1. The zero-order valence-corrected chi connectivity index (χ0v) is 14.4. The molecular weight excluding hydrogens is 316 g/mol. The smallest absolute Gasteiger partial charge is 0.244 e. The maximum atomic E-state index is 11.7. The van der Waals surface area contributed by atoms with E-state index in [1.165, 1.54) is 21.2 Å². The first-order valence-electron chi connectivity index (χ1n) is 7.47. The second-order valence-electron chi connectivity index (χ2n) is 5.56. The van der Waals surface area contributed by atoms with Gasteiger partial charge in [0.2, 0.25) is 5.91 Å². The van der Waals surface area contributed by atoms with Gasteiger partial charge in [0.05, 0.1) is 0 Å². The average Bonchev–Trinajstić information content (AvgIpc) is 2.71. The van der Waals surface area contributed by atoms with Gasteiger partial charge < -0.3 is 10.2 Å². The van der Waals surface area contributed by atoms with E-state index >= 15 is 0 Å². The van der Waals surface area contributed by atoms with Crippen molar-refractivity contribution in [2.45, 2.75) is 19.9 Å². The van der Waals surface area contributed by atoms with Crippen LogP contribution >= 0.6 is 22.9 Å². The number of thiophene rings is 1. The van der Waals surface area contributed by atoms with Gasteiger partial charge in [0.25, 0.3) is 0 Å². The Bertz CT molecular complexity index is 751. The zero-order valence-electron chi connectivity index (χ0n) is 12.8. The van der Waals surface area contributed by atoms with E-state index in [0.717, 1.165) is 29.4 Å². The molecule has 3 rings (SSSR count). The van der Waals surface area contributed by atoms with Crippen LogP contribution in [0.5, 0.6) is 0 Å². The largest absolute Gasteiger partial charge is 0.353 e. The highest BCUT2D eigenvalue weighted by Crippen LogP contribution is 2.39. The summed E-state index contributed by atoms with van der Waals surface area (Å²) in [6.07, 6.45) is 4.52. The number of carbonyl (C=O) groups excluding carboxylic acids is 1. The number of nitrogens with zero attached hydrogens (tertiary/aromatic N) is 1. The molecule has 2 heterocycles. The third-order valence-electron chi connectivity index (χ3n) is 3.95. The van der Waals surface area contributed by atoms with Gasteiger partial charge in [0.15, 0.2) is 0 Å². The molecule has 1 aromatic heterocycles. The van der Waals surface area contributed by atoms with E-state index in [1.807, 2.05) is 19.1 Å². The van der Waals surface area contributed by atoms with Crippen molar-refractivity contribution in [1.29, 1.82) is 0 Å². The summed E-state index contributed by atoms with van der Waals surface area (Å²) < 4.78 is 1.25. The summed E-state index contributed by atoms with van der Waals surface area (Å²) in [5.41, 5.74) is 2.53. The average molecular weight is 335 g/mol. The van der Waals surface area contributed by atoms with Crippen molar-refractivity contribution < 1.29 is 4.79 Å². The highest BCUT2D eigenvalue weighted by atomic mass is 35.5. The minimum atomic E-state index is -0.0487. The molecule has 116 valence electrons. The maximum Gasteiger partial charge on any atom is 0.244 e. The SMILES string of the molecule is CCNC(=O)/C=C/c1sc2ccc(Cl)c3c2c1CN(C)CC3. The molecule has 1 aliphatic rings. The summed E-state index contributed by atoms with van der Waals surface area (Å²) in [6, 6.07) is 4.08. The summed E-state index contributed by atoms with van der Waals surface area (Å²) in [5.74, 6) is -0.0487. The predicted octanol–water partition coefficient (Wildman–Crippen LogP) is 3.69. The highest BCUT2D eigenvalue weighted by molar-refractivity contribution is 7.20. The maximum absolute atomic E-state index is 11.7. The van der Waals surface area contributed by atoms with E-state index in [-0.39, 0.29) is 5.91 Å². The van der Waals surface area contributed by atoms with Crippen molar-refractivity contribution in [3.05, 3.63) is 39.2 Å². The van der Waals surface area contributed by atoms with Crippen LogP contribution in [0, 0.1) is 0 Å². The Morgan fingerprint density at radius 1 is 1.45 bits per heavy atom. The molecule has 0 radical (unpaired) electrons. The molecule has 2 aromatic rings. The number of hydrogen-bond acceptors (Lipinski definition) is 3. The molecule has 0 atom stereocenters. The summed E-state index contributed by atoms with van der Waals surface area (Å²) in [6.45, 7) is 4.45. The van der Waals surface area contributed by atoms with Crippen LogP contribution in [-0.2, 0) is 17.8 Å². The minimum Gasteiger partial charge on any atom is -0.353 e. The lowest BCUT2D eigenvalue weighted by atomic mass is 10.0. The minimum absolute atomic E-state index is 0.0487. The van der Waals surface area contributed by atoms with Crippen LogP contribution < -0.4 is 5.32 Å². The quantitative estimate of drug-likeness (QED) is 0.868. The standard InChI is InChI=1S/C17H19ClN2OS/c1-3-19-16(21)7-6-14-12-10-20(2)9-8-11-13(18)4-5-15(22-14)17(11)12/h4-7H,3,8-10H2,1-2H3,(H,19,21)/b7-6+. The van der Waals surface area contributed by atoms with Gasteiger partial charge >= 0.3 is 0 Å². The number of carbonyl (C=O) groups is 1. The molecule has 3 nitrogen and oxygen atoms in total. The molecule has 1 aromatic carbocycles. The van der Waals surface area contributed by atoms with Crippen molar-refractivity contribution >= 4 is 45.0 Å². The molecule has 1 N–H and O–H groups in total. The van der Waals surface area contributed by atoms with Gasteiger partial charge in [0, 0.05) is 45.7 Å². The van der Waals surface area contributed by atoms with E-state index in [0.29, 0.717) is 6.54 Å². The van der Waals surface area contributed by atoms with E-state index in [4.69, 9.17) is 11.6 Å². The van der Waals surface area contributed by atoms with Crippen molar-refractivity contribution in [3.63, 3.8) is 0 Å². The molecule has 0 saturated carbocycles. The molecule has 0 aliphatic carbocycles. The number of likely N-dealkylation sites (N-methyl/N-ethyl adjacent to an activating group) is 2. The molecule has 1 amide bonds. The molecule has 0 unspecified atom stereocenters. The summed E-state index contributed by atoms with van der Waals surface area (Å²) in [5, 5.41) is 4.93. The fraction of sp³-hybridized carbons (Fsp3) is 0.353. The van der Waals surface area contributed by atoms with E-state index < -0.39 is 0 Å². The molecule has 0 bridgehead atoms. The van der Waals surface area contributed by atoms with E-state index in [2.05, 4.69) is 23.3 Å². The molecule has 0 spiro atoms. The second kappa shape index (κ2) is 6.41. The molecule has 1 aliphatic heterocycles. The Hall–Kier alpha value is -1.36. The molecular formula is C17H19ClN2OS. The lowest BCUT2D eigenvalue weighted by Gasteiger charge is -2.13. The Labute approximate surface area is 139 Å². The van der Waals surface area contributed by atoms with Crippen molar-refractivity contribution in [1.82, 2.24) is 10.2 Å². The van der Waals surface area contributed by atoms with Crippen LogP contribution in [0.4, 0.5) is 0 Å². The third-order valence-corrected chi connectivity index (χ3v) is 5.46. The Kier molecular flexibility index (Phi) is 4.52. The number of hydrogen-bond donors (Lipinski definition) is 1. The molecule has 0 saturated heterocycles. The Morgan fingerprint density at radius 3 is 3.05 bits per heavy atom. The first-order valence-corrected chi connectivity index (χ1v) is 8.66. The first-order chi connectivity index (χ1) is 10.6. The van der Waals surface area contributed by atoms with Crippen molar-refractivity contribution in [3.8, 4) is 0 Å². The van der Waals surface area contributed by atoms with Crippen molar-refractivity contribution in [2.24, 2.45) is 0 Å². The van der Waals surface area contributed by atoms with Gasteiger partial charge in [-0.3, -0.25) is 4.79 Å². The van der Waals surface area contributed by atoms with Crippen LogP contribution in [0.3, 0.4) is 0 Å². The van der Waals surface area contributed by atoms with Crippen LogP contribution in [0.25, 0.3) is 16.2 Å². The topological polar surface area (TPSA) is 32.3 Å². The Morgan fingerprint density at radius 2 is 2.27 bits per heavy atom. The fourth-order valence-corrected chi connectivity index (χ4v) is 4.29. The lowest BCUT2D eigenvalue weighted by Crippen LogP contribution is -2.20. The van der Waals surface area contributed by atoms with Crippen LogP contribution in [0.15, 0.2) is 18.2 Å². The molecule has 22 heavy (non-hydrogen) atoms. The van der Waals surface area contributed by atoms with Gasteiger partial charge in [-0.1, -0.05) is 11.6 Å². The summed E-state index contributed by atoms with van der Waals surface area (Å²) in [4.78, 5) is 15.1. The third kappa shape index (κ3) is 2.91. The number of rotatable bonds is 3. The molecule has 0 fully saturated rings. The predicted molar refractivity (Wildman–Crippen MR) is 94.6 cm³/mol. The van der Waals surface area contributed by atoms with Gasteiger partial charge in [-0.05, 0) is 49.7 Å². The van der Waals surface area contributed by atoms with Crippen LogP contribution in [0.1, 0.15) is 22.9 Å². The number of amides is 1. The monoisotopic (exact) mass is 334 g/mol. The lowest BCUT2D eigenvalue weighted by molar-refractivity contribution is -0.116. The normalized spacial score (nSPS) is 15.4. The number of halogens is 1. The fourth-order valence-electron chi connectivity index (χ4n) is 2.89. The Balaban J connectivity index is 2.10. The second-order valence-corrected chi connectivity index (χ2v) is 7.05. The van der Waals surface area contributed by atoms with Gasteiger partial charge in [-0.15, -0.1) is 11.3 Å².